The highest BCUT2D eigenvalue weighted by atomic mass is 16.4. The van der Waals surface area contributed by atoms with Crippen molar-refractivity contribution in [3.8, 4) is 0 Å². The molecular weight excluding hydrogens is 252 g/mol. The number of hydrogen-bond donors (Lipinski definition) is 2. The largest absolute Gasteiger partial charge is 0.478 e. The summed E-state index contributed by atoms with van der Waals surface area (Å²) in [7, 11) is 0. The van der Waals surface area contributed by atoms with Gasteiger partial charge in [0, 0.05) is 17.9 Å². The Morgan fingerprint density at radius 1 is 1.20 bits per heavy atom. The number of para-hydroxylation sites is 1. The number of carbonyl (C=O) groups is 1. The average molecular weight is 270 g/mol. The Hall–Kier alpha value is -2.49. The summed E-state index contributed by atoms with van der Waals surface area (Å²) in [5.74, 6) is -0.952. The molecule has 0 saturated carbocycles. The van der Waals surface area contributed by atoms with E-state index in [1.165, 1.54) is 0 Å². The SMILES string of the molecule is CCN(c1ccccc1C)c1cc(N)ccc1C(=O)O. The molecule has 2 rings (SSSR count). The predicted octanol–water partition coefficient (Wildman–Crippen LogP) is 3.43. The number of aromatic carboxylic acids is 1. The molecule has 0 unspecified atom stereocenters. The van der Waals surface area contributed by atoms with Crippen LogP contribution in [0.4, 0.5) is 17.1 Å². The molecule has 0 fully saturated rings. The zero-order valence-electron chi connectivity index (χ0n) is 11.6. The van der Waals surface area contributed by atoms with E-state index in [1.54, 1.807) is 18.2 Å². The maximum absolute atomic E-state index is 11.4. The fourth-order valence-corrected chi connectivity index (χ4v) is 2.29. The molecule has 0 spiro atoms. The van der Waals surface area contributed by atoms with Crippen molar-refractivity contribution >= 4 is 23.0 Å². The lowest BCUT2D eigenvalue weighted by Gasteiger charge is -2.26. The fourth-order valence-electron chi connectivity index (χ4n) is 2.29. The maximum atomic E-state index is 11.4. The van der Waals surface area contributed by atoms with Gasteiger partial charge >= 0.3 is 5.97 Å². The van der Waals surface area contributed by atoms with Gasteiger partial charge in [-0.05, 0) is 43.7 Å². The van der Waals surface area contributed by atoms with E-state index in [0.717, 1.165) is 11.3 Å². The monoisotopic (exact) mass is 270 g/mol. The van der Waals surface area contributed by atoms with Gasteiger partial charge in [0.05, 0.1) is 11.3 Å². The van der Waals surface area contributed by atoms with Crippen molar-refractivity contribution in [3.63, 3.8) is 0 Å². The number of nitrogens with two attached hydrogens (primary N) is 1. The van der Waals surface area contributed by atoms with Gasteiger partial charge in [-0.1, -0.05) is 18.2 Å². The quantitative estimate of drug-likeness (QED) is 0.835. The van der Waals surface area contributed by atoms with Gasteiger partial charge in [0.1, 0.15) is 0 Å². The Bertz CT molecular complexity index is 638. The van der Waals surface area contributed by atoms with Crippen molar-refractivity contribution in [2.45, 2.75) is 13.8 Å². The van der Waals surface area contributed by atoms with Crippen molar-refractivity contribution < 1.29 is 9.90 Å². The summed E-state index contributed by atoms with van der Waals surface area (Å²) in [5.41, 5.74) is 9.32. The molecule has 0 bridgehead atoms. The topological polar surface area (TPSA) is 66.6 Å². The Morgan fingerprint density at radius 3 is 2.50 bits per heavy atom. The molecular formula is C16H18N2O2. The number of nitrogen functional groups attached to an aromatic ring is 1. The summed E-state index contributed by atoms with van der Waals surface area (Å²) in [4.78, 5) is 13.4. The summed E-state index contributed by atoms with van der Waals surface area (Å²) in [6, 6.07) is 12.8. The number of nitrogens with zero attached hydrogens (tertiary/aromatic N) is 1. The molecule has 0 heterocycles. The predicted molar refractivity (Wildman–Crippen MR) is 81.7 cm³/mol. The average Bonchev–Trinajstić information content (AvgIpc) is 2.41. The molecule has 0 atom stereocenters. The van der Waals surface area contributed by atoms with Crippen molar-refractivity contribution in [2.24, 2.45) is 0 Å². The van der Waals surface area contributed by atoms with Crippen LogP contribution in [0.25, 0.3) is 0 Å². The second-order valence-corrected chi connectivity index (χ2v) is 4.61. The molecule has 0 radical (unpaired) electrons. The Morgan fingerprint density at radius 2 is 1.90 bits per heavy atom. The first kappa shape index (κ1) is 13.9. The molecule has 0 aliphatic rings. The van der Waals surface area contributed by atoms with Gasteiger partial charge in [0.15, 0.2) is 0 Å². The highest BCUT2D eigenvalue weighted by molar-refractivity contribution is 5.96. The van der Waals surface area contributed by atoms with Crippen LogP contribution >= 0.6 is 0 Å². The third-order valence-electron chi connectivity index (χ3n) is 3.27. The fraction of sp³-hybridized carbons (Fsp3) is 0.188. The van der Waals surface area contributed by atoms with Gasteiger partial charge in [-0.15, -0.1) is 0 Å². The summed E-state index contributed by atoms with van der Waals surface area (Å²) in [6.45, 7) is 4.65. The summed E-state index contributed by atoms with van der Waals surface area (Å²) in [6.07, 6.45) is 0. The Balaban J connectivity index is 2.60. The summed E-state index contributed by atoms with van der Waals surface area (Å²) < 4.78 is 0. The van der Waals surface area contributed by atoms with E-state index in [2.05, 4.69) is 0 Å². The van der Waals surface area contributed by atoms with E-state index in [0.29, 0.717) is 17.9 Å². The molecule has 3 N–H and O–H groups in total. The van der Waals surface area contributed by atoms with Gasteiger partial charge in [0.2, 0.25) is 0 Å². The van der Waals surface area contributed by atoms with Crippen LogP contribution in [0.2, 0.25) is 0 Å². The molecule has 0 aromatic heterocycles. The number of aryl methyl sites for hydroxylation is 1. The van der Waals surface area contributed by atoms with E-state index in [9.17, 15) is 9.90 Å². The number of hydrogen-bond acceptors (Lipinski definition) is 3. The van der Waals surface area contributed by atoms with E-state index in [4.69, 9.17) is 5.73 Å². The highest BCUT2D eigenvalue weighted by Crippen LogP contribution is 2.32. The van der Waals surface area contributed by atoms with E-state index >= 15 is 0 Å². The lowest BCUT2D eigenvalue weighted by Crippen LogP contribution is -2.20. The minimum atomic E-state index is -0.952. The van der Waals surface area contributed by atoms with Crippen molar-refractivity contribution in [1.29, 1.82) is 0 Å². The van der Waals surface area contributed by atoms with Gasteiger partial charge in [-0.25, -0.2) is 4.79 Å². The minimum absolute atomic E-state index is 0.254. The second kappa shape index (κ2) is 5.65. The van der Waals surface area contributed by atoms with Crippen molar-refractivity contribution in [1.82, 2.24) is 0 Å². The van der Waals surface area contributed by atoms with E-state index in [1.807, 2.05) is 43.0 Å². The number of carboxylic acid groups (broad SMARTS) is 1. The van der Waals surface area contributed by atoms with Crippen molar-refractivity contribution in [3.05, 3.63) is 53.6 Å². The lowest BCUT2D eigenvalue weighted by atomic mass is 10.1. The molecule has 0 amide bonds. The molecule has 4 nitrogen and oxygen atoms in total. The normalized spacial score (nSPS) is 10.3. The molecule has 4 heteroatoms. The first-order valence-electron chi connectivity index (χ1n) is 6.50. The zero-order chi connectivity index (χ0) is 14.7. The molecule has 2 aromatic carbocycles. The maximum Gasteiger partial charge on any atom is 0.337 e. The molecule has 0 aliphatic carbocycles. The molecule has 0 aliphatic heterocycles. The van der Waals surface area contributed by atoms with E-state index < -0.39 is 5.97 Å². The van der Waals surface area contributed by atoms with Crippen LogP contribution in [0.3, 0.4) is 0 Å². The summed E-state index contributed by atoms with van der Waals surface area (Å²) in [5, 5.41) is 9.35. The first-order valence-corrected chi connectivity index (χ1v) is 6.50. The van der Waals surface area contributed by atoms with Crippen LogP contribution in [-0.2, 0) is 0 Å². The number of benzene rings is 2. The van der Waals surface area contributed by atoms with Crippen LogP contribution in [0.15, 0.2) is 42.5 Å². The Kier molecular flexibility index (Phi) is 3.94. The highest BCUT2D eigenvalue weighted by Gasteiger charge is 2.17. The first-order chi connectivity index (χ1) is 9.54. The van der Waals surface area contributed by atoms with Crippen molar-refractivity contribution in [2.75, 3.05) is 17.2 Å². The van der Waals surface area contributed by atoms with Gasteiger partial charge in [-0.3, -0.25) is 0 Å². The smallest absolute Gasteiger partial charge is 0.337 e. The number of anilines is 3. The summed E-state index contributed by atoms with van der Waals surface area (Å²) >= 11 is 0. The molecule has 0 saturated heterocycles. The van der Waals surface area contributed by atoms with Gasteiger partial charge in [-0.2, -0.15) is 0 Å². The van der Waals surface area contributed by atoms with Crippen LogP contribution < -0.4 is 10.6 Å². The lowest BCUT2D eigenvalue weighted by molar-refractivity contribution is 0.0697. The van der Waals surface area contributed by atoms with Crippen LogP contribution in [0.5, 0.6) is 0 Å². The number of rotatable bonds is 4. The number of carboxylic acids is 1. The standard InChI is InChI=1S/C16H18N2O2/c1-3-18(14-7-5-4-6-11(14)2)15-10-12(17)8-9-13(15)16(19)20/h4-10H,3,17H2,1-2H3,(H,19,20). The molecule has 20 heavy (non-hydrogen) atoms. The minimum Gasteiger partial charge on any atom is -0.478 e. The molecule has 2 aromatic rings. The Labute approximate surface area is 118 Å². The zero-order valence-corrected chi connectivity index (χ0v) is 11.6. The molecule has 104 valence electrons. The van der Waals surface area contributed by atoms with E-state index in [-0.39, 0.29) is 5.56 Å². The van der Waals surface area contributed by atoms with Gasteiger partial charge in [0.25, 0.3) is 0 Å². The van der Waals surface area contributed by atoms with Crippen LogP contribution in [0.1, 0.15) is 22.8 Å². The van der Waals surface area contributed by atoms with Crippen LogP contribution in [-0.4, -0.2) is 17.6 Å². The van der Waals surface area contributed by atoms with Gasteiger partial charge < -0.3 is 15.7 Å². The third kappa shape index (κ3) is 2.59. The second-order valence-electron chi connectivity index (χ2n) is 4.61. The third-order valence-corrected chi connectivity index (χ3v) is 3.27. The van der Waals surface area contributed by atoms with Crippen LogP contribution in [0, 0.1) is 6.92 Å².